The summed E-state index contributed by atoms with van der Waals surface area (Å²) in [7, 11) is -2.65. The zero-order valence-electron chi connectivity index (χ0n) is 18.8. The van der Waals surface area contributed by atoms with E-state index in [9.17, 15) is 27.2 Å². The fraction of sp³-hybridized carbons (Fsp3) is 0.318. The topological polar surface area (TPSA) is 125 Å². The minimum Gasteiger partial charge on any atom is -0.340 e. The molecular weight excluding hydrogens is 451 g/mol. The van der Waals surface area contributed by atoms with Gasteiger partial charge in [-0.05, 0) is 49.2 Å². The summed E-state index contributed by atoms with van der Waals surface area (Å²) in [6, 6.07) is 9.99. The van der Waals surface area contributed by atoms with E-state index in [4.69, 9.17) is 0 Å². The molecule has 33 heavy (non-hydrogen) atoms. The van der Waals surface area contributed by atoms with E-state index in [0.717, 1.165) is 22.0 Å². The monoisotopic (exact) mass is 478 g/mol. The summed E-state index contributed by atoms with van der Waals surface area (Å²) in [5.41, 5.74) is 5.42. The lowest BCUT2D eigenvalue weighted by atomic mass is 10.0. The molecule has 0 aliphatic heterocycles. The second kappa shape index (κ2) is 11.0. The highest BCUT2D eigenvalue weighted by atomic mass is 32.2. The molecular formula is C22H27FN4O5S. The number of rotatable bonds is 8. The highest BCUT2D eigenvalue weighted by molar-refractivity contribution is 7.89. The van der Waals surface area contributed by atoms with Crippen molar-refractivity contribution in [1.29, 1.82) is 0 Å². The van der Waals surface area contributed by atoms with Gasteiger partial charge in [-0.15, -0.1) is 0 Å². The number of nitrogens with zero attached hydrogens (tertiary/aromatic N) is 1. The lowest BCUT2D eigenvalue weighted by molar-refractivity contribution is -0.130. The van der Waals surface area contributed by atoms with Crippen molar-refractivity contribution in [2.75, 3.05) is 13.6 Å². The molecule has 3 amide bonds. The van der Waals surface area contributed by atoms with Crippen LogP contribution in [0.25, 0.3) is 0 Å². The van der Waals surface area contributed by atoms with E-state index in [-0.39, 0.29) is 16.4 Å². The highest BCUT2D eigenvalue weighted by Gasteiger charge is 2.26. The molecule has 3 N–H and O–H groups in total. The van der Waals surface area contributed by atoms with Gasteiger partial charge in [-0.25, -0.2) is 12.8 Å². The van der Waals surface area contributed by atoms with Crippen LogP contribution in [0.1, 0.15) is 29.8 Å². The number of sulfonamides is 1. The molecule has 2 rings (SSSR count). The Hall–Kier alpha value is -3.31. The molecule has 0 heterocycles. The van der Waals surface area contributed by atoms with Crippen molar-refractivity contribution in [3.8, 4) is 0 Å². The molecule has 9 nitrogen and oxygen atoms in total. The Morgan fingerprint density at radius 3 is 2.09 bits per heavy atom. The first kappa shape index (κ1) is 25.9. The first-order valence-corrected chi connectivity index (χ1v) is 11.5. The van der Waals surface area contributed by atoms with Gasteiger partial charge in [-0.1, -0.05) is 31.5 Å². The zero-order valence-corrected chi connectivity index (χ0v) is 19.6. The van der Waals surface area contributed by atoms with E-state index in [2.05, 4.69) is 16.2 Å². The van der Waals surface area contributed by atoms with Crippen molar-refractivity contribution in [2.24, 2.45) is 5.92 Å². The maximum atomic E-state index is 13.0. The normalized spacial score (nSPS) is 12.3. The molecule has 2 aromatic carbocycles. The van der Waals surface area contributed by atoms with E-state index in [1.54, 1.807) is 26.0 Å². The van der Waals surface area contributed by atoms with Gasteiger partial charge in [0.1, 0.15) is 11.9 Å². The van der Waals surface area contributed by atoms with Gasteiger partial charge in [-0.3, -0.25) is 25.2 Å². The van der Waals surface area contributed by atoms with E-state index < -0.39 is 46.1 Å². The molecule has 178 valence electrons. The smallest absolute Gasteiger partial charge is 0.261 e. The Bertz CT molecular complexity index is 1100. The van der Waals surface area contributed by atoms with Crippen LogP contribution in [0, 0.1) is 18.7 Å². The quantitative estimate of drug-likeness (QED) is 0.494. The van der Waals surface area contributed by atoms with Gasteiger partial charge in [-0.2, -0.15) is 4.31 Å². The van der Waals surface area contributed by atoms with Gasteiger partial charge in [0.2, 0.25) is 10.0 Å². The third-order valence-electron chi connectivity index (χ3n) is 4.76. The fourth-order valence-electron chi connectivity index (χ4n) is 2.79. The minimum atomic E-state index is -3.89. The average molecular weight is 479 g/mol. The minimum absolute atomic E-state index is 0.0378. The van der Waals surface area contributed by atoms with Crippen molar-refractivity contribution >= 4 is 27.7 Å². The second-order valence-electron chi connectivity index (χ2n) is 7.81. The molecule has 0 bridgehead atoms. The molecule has 2 aromatic rings. The lowest BCUT2D eigenvalue weighted by Crippen LogP contribution is -2.55. The van der Waals surface area contributed by atoms with Crippen molar-refractivity contribution in [3.05, 3.63) is 65.5 Å². The first-order valence-electron chi connectivity index (χ1n) is 10.1. The van der Waals surface area contributed by atoms with Gasteiger partial charge in [0.25, 0.3) is 17.7 Å². The summed E-state index contributed by atoms with van der Waals surface area (Å²) in [5.74, 6) is -2.89. The molecule has 0 saturated heterocycles. The molecule has 11 heteroatoms. The van der Waals surface area contributed by atoms with Crippen LogP contribution in [-0.4, -0.2) is 50.1 Å². The van der Waals surface area contributed by atoms with Crippen LogP contribution in [-0.2, 0) is 19.6 Å². The Balaban J connectivity index is 1.95. The fourth-order valence-corrected chi connectivity index (χ4v) is 3.91. The standard InChI is InChI=1S/C22H27FN4O5S/c1-14(2)20(24-21(29)16-7-9-17(23)10-8-16)22(30)26-25-19(28)13-27(4)33(31,32)18-11-5-15(3)6-12-18/h5-12,14,20H,13H2,1-4H3,(H,24,29)(H,25,28)(H,26,30). The number of hydrogen-bond donors (Lipinski definition) is 3. The van der Waals surface area contributed by atoms with Crippen molar-refractivity contribution < 1.29 is 27.2 Å². The number of likely N-dealkylation sites (N-methyl/N-ethyl adjacent to an activating group) is 1. The van der Waals surface area contributed by atoms with Gasteiger partial charge in [0, 0.05) is 12.6 Å². The first-order chi connectivity index (χ1) is 15.4. The molecule has 1 unspecified atom stereocenters. The summed E-state index contributed by atoms with van der Waals surface area (Å²) in [5, 5.41) is 2.54. The van der Waals surface area contributed by atoms with Crippen LogP contribution in [0.3, 0.4) is 0 Å². The number of carbonyl (C=O) groups is 3. The van der Waals surface area contributed by atoms with Crippen molar-refractivity contribution in [3.63, 3.8) is 0 Å². The average Bonchev–Trinajstić information content (AvgIpc) is 2.76. The van der Waals surface area contributed by atoms with Gasteiger partial charge >= 0.3 is 0 Å². The molecule has 0 saturated carbocycles. The number of hydrogen-bond acceptors (Lipinski definition) is 5. The van der Waals surface area contributed by atoms with Crippen LogP contribution in [0.15, 0.2) is 53.4 Å². The largest absolute Gasteiger partial charge is 0.340 e. The molecule has 0 spiro atoms. The van der Waals surface area contributed by atoms with Crippen molar-refractivity contribution in [1.82, 2.24) is 20.5 Å². The summed E-state index contributed by atoms with van der Waals surface area (Å²) in [6.45, 7) is 4.67. The Kier molecular flexibility index (Phi) is 8.66. The van der Waals surface area contributed by atoms with Crippen LogP contribution >= 0.6 is 0 Å². The number of carbonyl (C=O) groups excluding carboxylic acids is 3. The summed E-state index contributed by atoms with van der Waals surface area (Å²) in [4.78, 5) is 37.1. The number of halogens is 1. The molecule has 1 atom stereocenters. The molecule has 0 aromatic heterocycles. The number of amides is 3. The number of hydrazine groups is 1. The second-order valence-corrected chi connectivity index (χ2v) is 9.86. The predicted octanol–water partition coefficient (Wildman–Crippen LogP) is 1.36. The maximum absolute atomic E-state index is 13.0. The third-order valence-corrected chi connectivity index (χ3v) is 6.58. The van der Waals surface area contributed by atoms with Crippen LogP contribution in [0.5, 0.6) is 0 Å². The maximum Gasteiger partial charge on any atom is 0.261 e. The van der Waals surface area contributed by atoms with Gasteiger partial charge in [0.05, 0.1) is 11.4 Å². The molecule has 0 aliphatic rings. The Labute approximate surface area is 192 Å². The van der Waals surface area contributed by atoms with E-state index >= 15 is 0 Å². The van der Waals surface area contributed by atoms with Crippen LogP contribution < -0.4 is 16.2 Å². The third kappa shape index (κ3) is 7.09. The molecule has 0 aliphatic carbocycles. The van der Waals surface area contributed by atoms with E-state index in [1.165, 1.54) is 31.3 Å². The van der Waals surface area contributed by atoms with Crippen molar-refractivity contribution in [2.45, 2.75) is 31.7 Å². The van der Waals surface area contributed by atoms with Gasteiger partial charge < -0.3 is 5.32 Å². The van der Waals surface area contributed by atoms with Crippen LogP contribution in [0.4, 0.5) is 4.39 Å². The SMILES string of the molecule is Cc1ccc(S(=O)(=O)N(C)CC(=O)NNC(=O)C(NC(=O)c2ccc(F)cc2)C(C)C)cc1. The summed E-state index contributed by atoms with van der Waals surface area (Å²) >= 11 is 0. The number of nitrogens with one attached hydrogen (secondary N) is 3. The van der Waals surface area contributed by atoms with E-state index in [0.29, 0.717) is 0 Å². The zero-order chi connectivity index (χ0) is 24.8. The highest BCUT2D eigenvalue weighted by Crippen LogP contribution is 2.14. The van der Waals surface area contributed by atoms with Gasteiger partial charge in [0.15, 0.2) is 0 Å². The Morgan fingerprint density at radius 1 is 0.970 bits per heavy atom. The summed E-state index contributed by atoms with van der Waals surface area (Å²) < 4.78 is 39.1. The van der Waals surface area contributed by atoms with Crippen LogP contribution in [0.2, 0.25) is 0 Å². The predicted molar refractivity (Wildman–Crippen MR) is 120 cm³/mol. The lowest BCUT2D eigenvalue weighted by Gasteiger charge is -2.22. The van der Waals surface area contributed by atoms with E-state index in [1.807, 2.05) is 6.92 Å². The Morgan fingerprint density at radius 2 is 1.55 bits per heavy atom. The number of aryl methyl sites for hydroxylation is 1. The number of benzene rings is 2. The summed E-state index contributed by atoms with van der Waals surface area (Å²) in [6.07, 6.45) is 0. The molecule has 0 radical (unpaired) electrons. The molecule has 0 fully saturated rings.